The van der Waals surface area contributed by atoms with E-state index in [1.165, 1.54) is 0 Å². The van der Waals surface area contributed by atoms with Crippen LogP contribution in [0.5, 0.6) is 0 Å². The van der Waals surface area contributed by atoms with E-state index < -0.39 is 50.9 Å². The van der Waals surface area contributed by atoms with Gasteiger partial charge in [-0.1, -0.05) is 46.4 Å². The Morgan fingerprint density at radius 1 is 0.483 bits per heavy atom. The van der Waals surface area contributed by atoms with Crippen molar-refractivity contribution in [3.05, 3.63) is 0 Å². The number of halogens is 18. The highest BCUT2D eigenvalue weighted by Gasteiger charge is 2.96. The van der Waals surface area contributed by atoms with Gasteiger partial charge in [-0.25, -0.2) is 0 Å². The minimum atomic E-state index is -8.21. The van der Waals surface area contributed by atoms with Gasteiger partial charge in [0.15, 0.2) is 0 Å². The van der Waals surface area contributed by atoms with Gasteiger partial charge in [0, 0.05) is 0 Å². The minimum absolute atomic E-state index is 3.09. The minimum Gasteiger partial charge on any atom is -0.296 e. The Morgan fingerprint density at radius 2 is 0.793 bits per heavy atom. The summed E-state index contributed by atoms with van der Waals surface area (Å²) >= 11 is 19.4. The summed E-state index contributed by atoms with van der Waals surface area (Å²) in [7, 11) is 0. The van der Waals surface area contributed by atoms with Crippen molar-refractivity contribution in [1.29, 1.82) is 0 Å². The van der Waals surface area contributed by atoms with Crippen LogP contribution < -0.4 is 0 Å². The van der Waals surface area contributed by atoms with E-state index in [1.807, 2.05) is 0 Å². The average Bonchev–Trinajstić information content (AvgIpc) is 2.63. The van der Waals surface area contributed by atoms with Gasteiger partial charge < -0.3 is 0 Å². The Kier molecular flexibility index (Phi) is 6.14. The van der Waals surface area contributed by atoms with Crippen LogP contribution in [0.4, 0.5) is 61.5 Å². The van der Waals surface area contributed by atoms with E-state index in [0.29, 0.717) is 0 Å². The third-order valence-corrected chi connectivity index (χ3v) is 4.97. The summed E-state index contributed by atoms with van der Waals surface area (Å²) in [6.45, 7) is 0. The standard InChI is InChI=1S/C9Cl4F14O2/c10-6(11)7(12,13)29-5(28-6,9(25,26)27)3(18,19)1(14,15)2(16,17)4(20,21)8(22,23)24. The van der Waals surface area contributed by atoms with E-state index >= 15 is 0 Å². The number of hydrogen-bond donors (Lipinski definition) is 0. The van der Waals surface area contributed by atoms with E-state index in [9.17, 15) is 61.5 Å². The van der Waals surface area contributed by atoms with Gasteiger partial charge in [-0.15, -0.1) is 0 Å². The lowest BCUT2D eigenvalue weighted by molar-refractivity contribution is -0.486. The zero-order valence-corrected chi connectivity index (χ0v) is 15.1. The van der Waals surface area contributed by atoms with Crippen molar-refractivity contribution in [2.75, 3.05) is 0 Å². The van der Waals surface area contributed by atoms with Crippen LogP contribution in [0.3, 0.4) is 0 Å². The molecule has 20 heteroatoms. The molecule has 0 unspecified atom stereocenters. The third kappa shape index (κ3) is 3.39. The molecule has 1 saturated heterocycles. The first-order valence-corrected chi connectivity index (χ1v) is 7.48. The fourth-order valence-corrected chi connectivity index (χ4v) is 2.29. The van der Waals surface area contributed by atoms with E-state index in [4.69, 9.17) is 46.4 Å². The molecule has 0 spiro atoms. The Labute approximate surface area is 168 Å². The highest BCUT2D eigenvalue weighted by atomic mass is 35.5. The highest BCUT2D eigenvalue weighted by molar-refractivity contribution is 6.61. The molecule has 1 fully saturated rings. The quantitative estimate of drug-likeness (QED) is 0.290. The Morgan fingerprint density at radius 3 is 1.03 bits per heavy atom. The van der Waals surface area contributed by atoms with Crippen LogP contribution in [0, 0.1) is 0 Å². The summed E-state index contributed by atoms with van der Waals surface area (Å²) in [5.41, 5.74) is 0. The molecule has 1 aliphatic heterocycles. The number of ether oxygens (including phenoxy) is 2. The molecule has 2 nitrogen and oxygen atoms in total. The topological polar surface area (TPSA) is 18.5 Å². The fourth-order valence-electron chi connectivity index (χ4n) is 1.70. The summed E-state index contributed by atoms with van der Waals surface area (Å²) in [6, 6.07) is 0. The van der Waals surface area contributed by atoms with E-state index in [-0.39, 0.29) is 0 Å². The van der Waals surface area contributed by atoms with E-state index in [2.05, 4.69) is 9.47 Å². The van der Waals surface area contributed by atoms with Crippen molar-refractivity contribution in [3.8, 4) is 0 Å². The Balaban J connectivity index is 3.81. The van der Waals surface area contributed by atoms with Gasteiger partial charge in [-0.2, -0.15) is 61.5 Å². The number of rotatable bonds is 4. The van der Waals surface area contributed by atoms with Crippen LogP contribution in [-0.4, -0.2) is 50.9 Å². The zero-order valence-electron chi connectivity index (χ0n) is 12.1. The molecule has 0 aliphatic carbocycles. The monoisotopic (exact) mass is 546 g/mol. The molecule has 0 aromatic heterocycles. The summed E-state index contributed by atoms with van der Waals surface area (Å²) in [5, 5.41) is 0. The fraction of sp³-hybridized carbons (Fsp3) is 1.00. The molecule has 0 aromatic carbocycles. The van der Waals surface area contributed by atoms with Crippen molar-refractivity contribution in [2.24, 2.45) is 0 Å². The molecule has 0 atom stereocenters. The Hall–Kier alpha value is 0.1000. The second-order valence-corrected chi connectivity index (χ2v) is 7.66. The molecule has 29 heavy (non-hydrogen) atoms. The largest absolute Gasteiger partial charge is 0.460 e. The summed E-state index contributed by atoms with van der Waals surface area (Å²) in [6.07, 6.45) is -14.7. The summed E-state index contributed by atoms with van der Waals surface area (Å²) in [4.78, 5) is 0. The van der Waals surface area contributed by atoms with Gasteiger partial charge in [0.25, 0.3) is 9.04 Å². The van der Waals surface area contributed by atoms with E-state index in [1.54, 1.807) is 0 Å². The highest BCUT2D eigenvalue weighted by Crippen LogP contribution is 2.68. The predicted molar refractivity (Wildman–Crippen MR) is 65.7 cm³/mol. The zero-order chi connectivity index (χ0) is 23.9. The number of alkyl halides is 18. The van der Waals surface area contributed by atoms with Crippen molar-refractivity contribution in [2.45, 2.75) is 50.9 Å². The van der Waals surface area contributed by atoms with Crippen LogP contribution in [0.15, 0.2) is 0 Å². The second-order valence-electron chi connectivity index (χ2n) is 5.15. The second kappa shape index (κ2) is 6.56. The lowest BCUT2D eigenvalue weighted by Crippen LogP contribution is -2.75. The number of hydrogen-bond acceptors (Lipinski definition) is 2. The first-order chi connectivity index (χ1) is 12.2. The van der Waals surface area contributed by atoms with Crippen molar-refractivity contribution < 1.29 is 70.9 Å². The van der Waals surface area contributed by atoms with Gasteiger partial charge >= 0.3 is 41.8 Å². The molecule has 0 amide bonds. The molecule has 0 N–H and O–H groups in total. The summed E-state index contributed by atoms with van der Waals surface area (Å²) < 4.78 is 181. The van der Waals surface area contributed by atoms with E-state index in [0.717, 1.165) is 0 Å². The normalized spacial score (nSPS) is 23.4. The lowest BCUT2D eigenvalue weighted by Gasteiger charge is -2.43. The van der Waals surface area contributed by atoms with Gasteiger partial charge in [-0.3, -0.25) is 9.47 Å². The predicted octanol–water partition coefficient (Wildman–Crippen LogP) is 6.66. The van der Waals surface area contributed by atoms with Crippen molar-refractivity contribution >= 4 is 46.4 Å². The third-order valence-electron chi connectivity index (χ3n) is 3.21. The first-order valence-electron chi connectivity index (χ1n) is 5.97. The molecule has 0 bridgehead atoms. The molecule has 0 saturated carbocycles. The van der Waals surface area contributed by atoms with Gasteiger partial charge in [-0.05, 0) is 0 Å². The molecular weight excluding hydrogens is 548 g/mol. The molecule has 0 aromatic rings. The smallest absolute Gasteiger partial charge is 0.296 e. The maximum Gasteiger partial charge on any atom is 0.460 e. The Bertz CT molecular complexity index is 638. The van der Waals surface area contributed by atoms with Crippen LogP contribution in [-0.2, 0) is 9.47 Å². The first kappa shape index (κ1) is 27.1. The van der Waals surface area contributed by atoms with Gasteiger partial charge in [0.2, 0.25) is 0 Å². The van der Waals surface area contributed by atoms with Crippen LogP contribution in [0.2, 0.25) is 0 Å². The van der Waals surface area contributed by atoms with Crippen LogP contribution in [0.25, 0.3) is 0 Å². The average molecular weight is 548 g/mol. The maximum atomic E-state index is 14.0. The molecular formula is C9Cl4F14O2. The molecule has 0 radical (unpaired) electrons. The SMILES string of the molecule is FC(F)(F)C(F)(F)C(F)(F)C(F)(F)C(F)(F)C1(C(F)(F)F)OC(Cl)(Cl)C(Cl)(Cl)O1. The summed E-state index contributed by atoms with van der Waals surface area (Å²) in [5.74, 6) is -38.7. The van der Waals surface area contributed by atoms with Crippen LogP contribution >= 0.6 is 46.4 Å². The van der Waals surface area contributed by atoms with Crippen LogP contribution in [0.1, 0.15) is 0 Å². The molecule has 174 valence electrons. The molecule has 1 heterocycles. The molecule has 1 rings (SSSR count). The van der Waals surface area contributed by atoms with Crippen molar-refractivity contribution in [3.63, 3.8) is 0 Å². The maximum absolute atomic E-state index is 14.0. The van der Waals surface area contributed by atoms with Crippen molar-refractivity contribution in [1.82, 2.24) is 0 Å². The lowest BCUT2D eigenvalue weighted by atomic mass is 9.92. The van der Waals surface area contributed by atoms with Gasteiger partial charge in [0.1, 0.15) is 0 Å². The molecule has 1 aliphatic rings. The van der Waals surface area contributed by atoms with Gasteiger partial charge in [0.05, 0.1) is 0 Å².